The van der Waals surface area contributed by atoms with E-state index in [1.807, 2.05) is 19.9 Å². The van der Waals surface area contributed by atoms with Gasteiger partial charge in [-0.05, 0) is 18.2 Å². The molecule has 104 valence electrons. The normalized spacial score (nSPS) is 20.1. The summed E-state index contributed by atoms with van der Waals surface area (Å²) >= 11 is 0. The fraction of sp³-hybridized carbons (Fsp3) is 0.250. The number of hydrogen-bond donors (Lipinski definition) is 2. The lowest BCUT2D eigenvalue weighted by Crippen LogP contribution is -2.33. The standard InChI is InChI=1S/C16H17NO3/c1-16(2)10-12(8-9-13(16)15(19)20)17-14(18)11-6-4-3-5-7-11/h3-10,13H,1-2H3,(H,17,18)(H,19,20)/t13-/m1/s1. The Morgan fingerprint density at radius 1 is 1.20 bits per heavy atom. The van der Waals surface area contributed by atoms with Gasteiger partial charge in [0, 0.05) is 16.7 Å². The largest absolute Gasteiger partial charge is 0.481 e. The van der Waals surface area contributed by atoms with Crippen LogP contribution < -0.4 is 5.32 Å². The molecule has 1 amide bonds. The third kappa shape index (κ3) is 2.96. The van der Waals surface area contributed by atoms with Crippen molar-refractivity contribution < 1.29 is 14.7 Å². The van der Waals surface area contributed by atoms with Gasteiger partial charge >= 0.3 is 5.97 Å². The molecule has 0 unspecified atom stereocenters. The molecule has 0 saturated carbocycles. The van der Waals surface area contributed by atoms with Crippen LogP contribution in [-0.4, -0.2) is 17.0 Å². The highest BCUT2D eigenvalue weighted by molar-refractivity contribution is 5.95. The predicted molar refractivity (Wildman–Crippen MR) is 76.0 cm³/mol. The van der Waals surface area contributed by atoms with E-state index in [2.05, 4.69) is 5.32 Å². The number of hydrogen-bond acceptors (Lipinski definition) is 2. The summed E-state index contributed by atoms with van der Waals surface area (Å²) in [6, 6.07) is 8.90. The summed E-state index contributed by atoms with van der Waals surface area (Å²) in [5.74, 6) is -1.65. The Kier molecular flexibility index (Phi) is 3.74. The fourth-order valence-corrected chi connectivity index (χ4v) is 2.26. The smallest absolute Gasteiger partial charge is 0.311 e. The van der Waals surface area contributed by atoms with E-state index in [1.165, 1.54) is 0 Å². The summed E-state index contributed by atoms with van der Waals surface area (Å²) in [5, 5.41) is 11.9. The summed E-state index contributed by atoms with van der Waals surface area (Å²) in [7, 11) is 0. The molecule has 0 bridgehead atoms. The van der Waals surface area contributed by atoms with E-state index in [1.54, 1.807) is 42.5 Å². The Balaban J connectivity index is 2.14. The van der Waals surface area contributed by atoms with Crippen molar-refractivity contribution in [2.75, 3.05) is 0 Å². The zero-order valence-electron chi connectivity index (χ0n) is 11.5. The second kappa shape index (κ2) is 5.33. The summed E-state index contributed by atoms with van der Waals surface area (Å²) in [6.07, 6.45) is 5.04. The Labute approximate surface area is 117 Å². The van der Waals surface area contributed by atoms with Gasteiger partial charge in [0.15, 0.2) is 0 Å². The number of amides is 1. The highest BCUT2D eigenvalue weighted by Crippen LogP contribution is 2.34. The van der Waals surface area contributed by atoms with Crippen molar-refractivity contribution >= 4 is 11.9 Å². The van der Waals surface area contributed by atoms with E-state index < -0.39 is 17.3 Å². The van der Waals surface area contributed by atoms with Crippen LogP contribution >= 0.6 is 0 Å². The van der Waals surface area contributed by atoms with Gasteiger partial charge in [0.2, 0.25) is 0 Å². The molecule has 0 aliphatic heterocycles. The van der Waals surface area contributed by atoms with Gasteiger partial charge in [0.25, 0.3) is 5.91 Å². The van der Waals surface area contributed by atoms with Crippen LogP contribution in [0.4, 0.5) is 0 Å². The Morgan fingerprint density at radius 3 is 2.40 bits per heavy atom. The van der Waals surface area contributed by atoms with Crippen molar-refractivity contribution in [3.63, 3.8) is 0 Å². The highest BCUT2D eigenvalue weighted by Gasteiger charge is 2.34. The van der Waals surface area contributed by atoms with Gasteiger partial charge in [-0.15, -0.1) is 0 Å². The summed E-state index contributed by atoms with van der Waals surface area (Å²) < 4.78 is 0. The summed E-state index contributed by atoms with van der Waals surface area (Å²) in [5.41, 5.74) is 0.654. The van der Waals surface area contributed by atoms with Gasteiger partial charge in [-0.25, -0.2) is 0 Å². The van der Waals surface area contributed by atoms with Crippen molar-refractivity contribution in [2.45, 2.75) is 13.8 Å². The number of benzene rings is 1. The minimum Gasteiger partial charge on any atom is -0.481 e. The van der Waals surface area contributed by atoms with E-state index in [0.29, 0.717) is 11.3 Å². The average Bonchev–Trinajstić information content (AvgIpc) is 2.38. The lowest BCUT2D eigenvalue weighted by Gasteiger charge is -2.30. The number of carboxylic acid groups (broad SMARTS) is 1. The van der Waals surface area contributed by atoms with Crippen molar-refractivity contribution in [2.24, 2.45) is 11.3 Å². The van der Waals surface area contributed by atoms with Crippen LogP contribution in [0.2, 0.25) is 0 Å². The quantitative estimate of drug-likeness (QED) is 0.888. The maximum absolute atomic E-state index is 12.0. The maximum Gasteiger partial charge on any atom is 0.311 e. The van der Waals surface area contributed by atoms with Crippen molar-refractivity contribution in [3.8, 4) is 0 Å². The van der Waals surface area contributed by atoms with Crippen LogP contribution in [0, 0.1) is 11.3 Å². The van der Waals surface area contributed by atoms with Crippen molar-refractivity contribution in [3.05, 3.63) is 59.8 Å². The Hall–Kier alpha value is -2.36. The van der Waals surface area contributed by atoms with Crippen molar-refractivity contribution in [1.82, 2.24) is 5.32 Å². The van der Waals surface area contributed by atoms with Crippen LogP contribution in [0.3, 0.4) is 0 Å². The first-order chi connectivity index (χ1) is 9.40. The number of carboxylic acids is 1. The molecule has 0 spiro atoms. The zero-order valence-corrected chi connectivity index (χ0v) is 11.5. The summed E-state index contributed by atoms with van der Waals surface area (Å²) in [4.78, 5) is 23.2. The molecule has 20 heavy (non-hydrogen) atoms. The van der Waals surface area contributed by atoms with Gasteiger partial charge in [0.05, 0.1) is 5.92 Å². The van der Waals surface area contributed by atoms with E-state index >= 15 is 0 Å². The van der Waals surface area contributed by atoms with Gasteiger partial charge in [-0.2, -0.15) is 0 Å². The van der Waals surface area contributed by atoms with Gasteiger partial charge < -0.3 is 10.4 Å². The molecule has 0 saturated heterocycles. The Morgan fingerprint density at radius 2 is 1.85 bits per heavy atom. The molecule has 1 aliphatic rings. The average molecular weight is 271 g/mol. The number of carbonyl (C=O) groups excluding carboxylic acids is 1. The van der Waals surface area contributed by atoms with Gasteiger partial charge in [0.1, 0.15) is 0 Å². The van der Waals surface area contributed by atoms with Crippen molar-refractivity contribution in [1.29, 1.82) is 0 Å². The molecule has 0 heterocycles. The number of nitrogens with one attached hydrogen (secondary N) is 1. The third-order valence-electron chi connectivity index (χ3n) is 3.36. The summed E-state index contributed by atoms with van der Waals surface area (Å²) in [6.45, 7) is 3.67. The molecule has 2 N–H and O–H groups in total. The molecule has 0 radical (unpaired) electrons. The first-order valence-corrected chi connectivity index (χ1v) is 6.40. The fourth-order valence-electron chi connectivity index (χ4n) is 2.26. The van der Waals surface area contributed by atoms with Crippen LogP contribution in [0.1, 0.15) is 24.2 Å². The Bertz CT molecular complexity index is 585. The van der Waals surface area contributed by atoms with Gasteiger partial charge in [-0.1, -0.05) is 44.2 Å². The molecule has 2 rings (SSSR count). The van der Waals surface area contributed by atoms with E-state index in [-0.39, 0.29) is 5.91 Å². The monoisotopic (exact) mass is 271 g/mol. The minimum atomic E-state index is -0.865. The number of carbonyl (C=O) groups is 2. The topological polar surface area (TPSA) is 66.4 Å². The molecule has 1 aromatic rings. The maximum atomic E-state index is 12.0. The second-order valence-corrected chi connectivity index (χ2v) is 5.42. The lowest BCUT2D eigenvalue weighted by molar-refractivity contribution is -0.142. The third-order valence-corrected chi connectivity index (χ3v) is 3.36. The molecule has 4 heteroatoms. The molecule has 0 aromatic heterocycles. The lowest BCUT2D eigenvalue weighted by atomic mass is 9.75. The number of rotatable bonds is 3. The predicted octanol–water partition coefficient (Wildman–Crippen LogP) is 2.60. The first-order valence-electron chi connectivity index (χ1n) is 6.40. The highest BCUT2D eigenvalue weighted by atomic mass is 16.4. The van der Waals surface area contributed by atoms with Crippen LogP contribution in [-0.2, 0) is 4.79 Å². The minimum absolute atomic E-state index is 0.203. The van der Waals surface area contributed by atoms with Crippen LogP contribution in [0.15, 0.2) is 54.3 Å². The molecule has 4 nitrogen and oxygen atoms in total. The molecular formula is C16H17NO3. The van der Waals surface area contributed by atoms with E-state index in [4.69, 9.17) is 5.11 Å². The molecule has 1 aromatic carbocycles. The zero-order chi connectivity index (χ0) is 14.8. The molecular weight excluding hydrogens is 254 g/mol. The molecule has 1 atom stereocenters. The van der Waals surface area contributed by atoms with Gasteiger partial charge in [-0.3, -0.25) is 9.59 Å². The SMILES string of the molecule is CC1(C)C=C(NC(=O)c2ccccc2)C=C[C@@H]1C(=O)O. The number of aliphatic carboxylic acids is 1. The molecule has 1 aliphatic carbocycles. The number of allylic oxidation sites excluding steroid dienone is 2. The van der Waals surface area contributed by atoms with Crippen LogP contribution in [0.5, 0.6) is 0 Å². The first kappa shape index (κ1) is 14.1. The van der Waals surface area contributed by atoms with Crippen LogP contribution in [0.25, 0.3) is 0 Å². The second-order valence-electron chi connectivity index (χ2n) is 5.42. The van der Waals surface area contributed by atoms with E-state index in [9.17, 15) is 9.59 Å². The van der Waals surface area contributed by atoms with E-state index in [0.717, 1.165) is 0 Å². The molecule has 0 fully saturated rings.